The summed E-state index contributed by atoms with van der Waals surface area (Å²) in [6, 6.07) is 13.8. The van der Waals surface area contributed by atoms with Crippen LogP contribution < -0.4 is 20.7 Å². The number of nitrogens with zero attached hydrogens (tertiary/aromatic N) is 1. The molecule has 1 fully saturated rings. The van der Waals surface area contributed by atoms with Crippen LogP contribution in [0.2, 0.25) is 0 Å². The quantitative estimate of drug-likeness (QED) is 0.348. The van der Waals surface area contributed by atoms with Crippen LogP contribution in [0.3, 0.4) is 0 Å². The Balaban J connectivity index is 1.48. The highest BCUT2D eigenvalue weighted by Crippen LogP contribution is 2.34. The van der Waals surface area contributed by atoms with Gasteiger partial charge in [0.2, 0.25) is 0 Å². The lowest BCUT2D eigenvalue weighted by atomic mass is 9.80. The van der Waals surface area contributed by atoms with Gasteiger partial charge in [-0.3, -0.25) is 14.6 Å². The third kappa shape index (κ3) is 5.18. The Hall–Kier alpha value is -3.91. The third-order valence-electron chi connectivity index (χ3n) is 6.94. The SMILES string of the molecule is CNc1cccc(-c2cccc(NC(=O)c3cc(OC)c(CN[C@H]4C[C@@H](C(=O)O)C4)cn3)c2C)c1C. The summed E-state index contributed by atoms with van der Waals surface area (Å²) in [5.74, 6) is -0.782. The number of methoxy groups -OCH3 is 1. The summed E-state index contributed by atoms with van der Waals surface area (Å²) in [7, 11) is 3.46. The smallest absolute Gasteiger partial charge is 0.306 e. The van der Waals surface area contributed by atoms with Gasteiger partial charge in [0.15, 0.2) is 0 Å². The second-order valence-corrected chi connectivity index (χ2v) is 9.13. The second kappa shape index (κ2) is 10.8. The van der Waals surface area contributed by atoms with Gasteiger partial charge in [0, 0.05) is 48.8 Å². The summed E-state index contributed by atoms with van der Waals surface area (Å²) in [4.78, 5) is 28.4. The summed E-state index contributed by atoms with van der Waals surface area (Å²) < 4.78 is 5.51. The number of nitrogens with one attached hydrogen (secondary N) is 3. The number of aromatic nitrogens is 1. The first-order valence-corrected chi connectivity index (χ1v) is 12.0. The maximum Gasteiger partial charge on any atom is 0.306 e. The molecule has 0 bridgehead atoms. The van der Waals surface area contributed by atoms with E-state index in [2.05, 4.69) is 40.0 Å². The normalized spacial score (nSPS) is 16.7. The maximum atomic E-state index is 13.1. The summed E-state index contributed by atoms with van der Waals surface area (Å²) in [5, 5.41) is 18.6. The number of carbonyl (C=O) groups is 2. The molecule has 2 aromatic carbocycles. The zero-order chi connectivity index (χ0) is 25.8. The lowest BCUT2D eigenvalue weighted by Crippen LogP contribution is -2.43. The number of hydrogen-bond donors (Lipinski definition) is 4. The number of benzene rings is 2. The second-order valence-electron chi connectivity index (χ2n) is 9.13. The third-order valence-corrected chi connectivity index (χ3v) is 6.94. The van der Waals surface area contributed by atoms with E-state index in [0.717, 1.165) is 39.2 Å². The zero-order valence-electron chi connectivity index (χ0n) is 21.0. The molecule has 1 aromatic heterocycles. The average molecular weight is 489 g/mol. The van der Waals surface area contributed by atoms with Gasteiger partial charge in [-0.2, -0.15) is 0 Å². The Morgan fingerprint density at radius 2 is 1.69 bits per heavy atom. The molecule has 1 heterocycles. The number of carbonyl (C=O) groups excluding carboxylic acids is 1. The number of pyridine rings is 1. The summed E-state index contributed by atoms with van der Waals surface area (Å²) in [6.45, 7) is 4.56. The van der Waals surface area contributed by atoms with Crippen molar-refractivity contribution in [3.63, 3.8) is 0 Å². The molecule has 1 amide bonds. The summed E-state index contributed by atoms with van der Waals surface area (Å²) >= 11 is 0. The number of anilines is 2. The van der Waals surface area contributed by atoms with E-state index < -0.39 is 5.97 Å². The molecule has 0 spiro atoms. The van der Waals surface area contributed by atoms with Crippen LogP contribution >= 0.6 is 0 Å². The Morgan fingerprint density at radius 3 is 2.31 bits per heavy atom. The van der Waals surface area contributed by atoms with Crippen molar-refractivity contribution >= 4 is 23.3 Å². The Labute approximate surface area is 211 Å². The van der Waals surface area contributed by atoms with Crippen molar-refractivity contribution in [2.45, 2.75) is 39.3 Å². The molecule has 1 aliphatic rings. The number of carboxylic acid groups (broad SMARTS) is 1. The van der Waals surface area contributed by atoms with E-state index in [-0.39, 0.29) is 23.6 Å². The molecule has 36 heavy (non-hydrogen) atoms. The molecule has 1 aliphatic carbocycles. The molecule has 4 rings (SSSR count). The van der Waals surface area contributed by atoms with Crippen molar-refractivity contribution in [2.24, 2.45) is 5.92 Å². The first kappa shape index (κ1) is 25.2. The molecule has 0 saturated heterocycles. The van der Waals surface area contributed by atoms with Crippen LogP contribution in [0.25, 0.3) is 11.1 Å². The Morgan fingerprint density at radius 1 is 1.06 bits per heavy atom. The lowest BCUT2D eigenvalue weighted by molar-refractivity contribution is -0.145. The fraction of sp³-hybridized carbons (Fsp3) is 0.321. The van der Waals surface area contributed by atoms with Crippen LogP contribution in [0, 0.1) is 19.8 Å². The van der Waals surface area contributed by atoms with Gasteiger partial charge in [-0.1, -0.05) is 24.3 Å². The van der Waals surface area contributed by atoms with Gasteiger partial charge in [-0.05, 0) is 61.1 Å². The molecule has 8 nitrogen and oxygen atoms in total. The Bertz CT molecular complexity index is 1280. The van der Waals surface area contributed by atoms with Gasteiger partial charge in [-0.25, -0.2) is 0 Å². The topological polar surface area (TPSA) is 113 Å². The Kier molecular flexibility index (Phi) is 7.55. The average Bonchev–Trinajstić information content (AvgIpc) is 2.84. The number of aliphatic carboxylic acids is 1. The van der Waals surface area contributed by atoms with E-state index in [1.54, 1.807) is 19.4 Å². The van der Waals surface area contributed by atoms with Crippen molar-refractivity contribution in [1.82, 2.24) is 10.3 Å². The number of ether oxygens (including phenoxy) is 1. The number of carboxylic acids is 1. The van der Waals surface area contributed by atoms with Gasteiger partial charge in [0.25, 0.3) is 5.91 Å². The van der Waals surface area contributed by atoms with Crippen LogP contribution in [-0.2, 0) is 11.3 Å². The molecule has 0 radical (unpaired) electrons. The van der Waals surface area contributed by atoms with Crippen LogP contribution in [-0.4, -0.2) is 42.2 Å². The zero-order valence-corrected chi connectivity index (χ0v) is 21.0. The number of amides is 1. The van der Waals surface area contributed by atoms with Crippen molar-refractivity contribution < 1.29 is 19.4 Å². The largest absolute Gasteiger partial charge is 0.496 e. The van der Waals surface area contributed by atoms with Crippen LogP contribution in [0.1, 0.15) is 40.0 Å². The van der Waals surface area contributed by atoms with Crippen LogP contribution in [0.4, 0.5) is 11.4 Å². The van der Waals surface area contributed by atoms with E-state index >= 15 is 0 Å². The molecule has 3 aromatic rings. The van der Waals surface area contributed by atoms with Crippen molar-refractivity contribution in [3.05, 3.63) is 71.0 Å². The van der Waals surface area contributed by atoms with Crippen molar-refractivity contribution in [1.29, 1.82) is 0 Å². The standard InChI is InChI=1S/C28H32N4O4/c1-16-21(7-5-9-23(16)29-3)22-8-6-10-24(17(22)2)32-27(33)25-13-26(36-4)19(15-31-25)14-30-20-11-18(12-20)28(34)35/h5-10,13,15,18,20,29-30H,11-12,14H2,1-4H3,(H,32,33)(H,34,35)/t18-,20+. The predicted octanol–water partition coefficient (Wildman–Crippen LogP) is 4.62. The van der Waals surface area contributed by atoms with E-state index in [9.17, 15) is 9.59 Å². The molecular weight excluding hydrogens is 456 g/mol. The fourth-order valence-electron chi connectivity index (χ4n) is 4.60. The monoisotopic (exact) mass is 488 g/mol. The minimum Gasteiger partial charge on any atom is -0.496 e. The van der Waals surface area contributed by atoms with E-state index in [0.29, 0.717) is 25.1 Å². The molecule has 188 valence electrons. The molecule has 0 aliphatic heterocycles. The van der Waals surface area contributed by atoms with Gasteiger partial charge >= 0.3 is 5.97 Å². The van der Waals surface area contributed by atoms with Crippen LogP contribution in [0.5, 0.6) is 5.75 Å². The highest BCUT2D eigenvalue weighted by Gasteiger charge is 2.34. The van der Waals surface area contributed by atoms with Gasteiger partial charge in [0.1, 0.15) is 11.4 Å². The van der Waals surface area contributed by atoms with E-state index in [1.807, 2.05) is 38.2 Å². The maximum absolute atomic E-state index is 13.1. The summed E-state index contributed by atoms with van der Waals surface area (Å²) in [6.07, 6.45) is 2.86. The highest BCUT2D eigenvalue weighted by molar-refractivity contribution is 6.04. The van der Waals surface area contributed by atoms with Gasteiger partial charge < -0.3 is 25.8 Å². The van der Waals surface area contributed by atoms with Gasteiger partial charge in [0.05, 0.1) is 13.0 Å². The molecule has 0 atom stereocenters. The molecule has 1 saturated carbocycles. The van der Waals surface area contributed by atoms with Gasteiger partial charge in [-0.15, -0.1) is 0 Å². The fourth-order valence-corrected chi connectivity index (χ4v) is 4.60. The van der Waals surface area contributed by atoms with Crippen molar-refractivity contribution in [2.75, 3.05) is 24.8 Å². The molecule has 4 N–H and O–H groups in total. The van der Waals surface area contributed by atoms with Crippen molar-refractivity contribution in [3.8, 4) is 16.9 Å². The molecule has 0 unspecified atom stereocenters. The first-order chi connectivity index (χ1) is 17.3. The molecule has 8 heteroatoms. The van der Waals surface area contributed by atoms with E-state index in [4.69, 9.17) is 9.84 Å². The van der Waals surface area contributed by atoms with Crippen LogP contribution in [0.15, 0.2) is 48.7 Å². The highest BCUT2D eigenvalue weighted by atomic mass is 16.5. The number of rotatable bonds is 9. The lowest BCUT2D eigenvalue weighted by Gasteiger charge is -2.33. The summed E-state index contributed by atoms with van der Waals surface area (Å²) in [5.41, 5.74) is 7.11. The van der Waals surface area contributed by atoms with E-state index in [1.165, 1.54) is 0 Å². The number of hydrogen-bond acceptors (Lipinski definition) is 6. The predicted molar refractivity (Wildman–Crippen MR) is 141 cm³/mol. The molecular formula is C28H32N4O4. The first-order valence-electron chi connectivity index (χ1n) is 12.0. The minimum absolute atomic E-state index is 0.159. The minimum atomic E-state index is -0.745.